The molecule has 1 aliphatic rings. The second kappa shape index (κ2) is 10.8. The van der Waals surface area contributed by atoms with E-state index in [1.54, 1.807) is 30.3 Å². The van der Waals surface area contributed by atoms with Crippen LogP contribution in [0.25, 0.3) is 0 Å². The summed E-state index contributed by atoms with van der Waals surface area (Å²) in [5, 5.41) is 3.98. The third kappa shape index (κ3) is 6.11. The lowest BCUT2D eigenvalue weighted by molar-refractivity contribution is -0.148. The van der Waals surface area contributed by atoms with Crippen LogP contribution in [0.15, 0.2) is 42.5 Å². The summed E-state index contributed by atoms with van der Waals surface area (Å²) in [4.78, 5) is 29.1. The zero-order valence-electron chi connectivity index (χ0n) is 17.4. The molecule has 31 heavy (non-hydrogen) atoms. The summed E-state index contributed by atoms with van der Waals surface area (Å²) in [5.41, 5.74) is 1.36. The van der Waals surface area contributed by atoms with Gasteiger partial charge in [-0.1, -0.05) is 35.3 Å². The second-order valence-corrected chi connectivity index (χ2v) is 8.06. The molecule has 0 aliphatic carbocycles. The molecular weight excluding hydrogens is 441 g/mol. The maximum atomic E-state index is 12.5. The highest BCUT2D eigenvalue weighted by molar-refractivity contribution is 6.31. The highest BCUT2D eigenvalue weighted by Crippen LogP contribution is 2.28. The highest BCUT2D eigenvalue weighted by atomic mass is 35.5. The van der Waals surface area contributed by atoms with Gasteiger partial charge in [-0.15, -0.1) is 0 Å². The number of benzene rings is 2. The number of ether oxygens (including phenoxy) is 2. The Hall–Kier alpha value is -2.32. The van der Waals surface area contributed by atoms with E-state index in [0.29, 0.717) is 47.7 Å². The Labute approximate surface area is 191 Å². The van der Waals surface area contributed by atoms with Crippen molar-refractivity contribution in [3.8, 4) is 5.75 Å². The third-order valence-corrected chi connectivity index (χ3v) is 5.67. The van der Waals surface area contributed by atoms with E-state index in [9.17, 15) is 9.59 Å². The summed E-state index contributed by atoms with van der Waals surface area (Å²) in [7, 11) is 2.92. The molecule has 2 aromatic rings. The van der Waals surface area contributed by atoms with Gasteiger partial charge in [0, 0.05) is 36.2 Å². The Kier molecular flexibility index (Phi) is 8.15. The number of amides is 1. The van der Waals surface area contributed by atoms with Crippen LogP contribution >= 0.6 is 23.2 Å². The van der Waals surface area contributed by atoms with Crippen molar-refractivity contribution < 1.29 is 19.1 Å². The molecule has 1 fully saturated rings. The zero-order chi connectivity index (χ0) is 22.4. The van der Waals surface area contributed by atoms with Gasteiger partial charge in [0.25, 0.3) is 0 Å². The van der Waals surface area contributed by atoms with Crippen LogP contribution in [0.1, 0.15) is 11.6 Å². The van der Waals surface area contributed by atoms with Gasteiger partial charge in [0.2, 0.25) is 5.91 Å². The van der Waals surface area contributed by atoms with Crippen molar-refractivity contribution >= 4 is 40.8 Å². The first-order valence-corrected chi connectivity index (χ1v) is 10.6. The molecule has 2 aromatic carbocycles. The fraction of sp³-hybridized carbons (Fsp3) is 0.364. The van der Waals surface area contributed by atoms with Crippen molar-refractivity contribution in [2.24, 2.45) is 0 Å². The van der Waals surface area contributed by atoms with Crippen LogP contribution in [0, 0.1) is 0 Å². The lowest BCUT2D eigenvalue weighted by atomic mass is 10.0. The van der Waals surface area contributed by atoms with Crippen LogP contribution < -0.4 is 10.1 Å². The summed E-state index contributed by atoms with van der Waals surface area (Å²) in [6, 6.07) is 11.8. The minimum absolute atomic E-state index is 0.156. The maximum absolute atomic E-state index is 12.5. The number of rotatable bonds is 7. The molecule has 0 radical (unpaired) electrons. The number of methoxy groups -OCH3 is 2. The predicted molar refractivity (Wildman–Crippen MR) is 121 cm³/mol. The first-order valence-electron chi connectivity index (χ1n) is 9.84. The maximum Gasteiger partial charge on any atom is 0.327 e. The SMILES string of the molecule is COC(=O)[C@@H](c1ccc(Cl)cc1)N1CCN(CC(=O)Nc2cc(Cl)ccc2OC)CC1. The van der Waals surface area contributed by atoms with Gasteiger partial charge in [-0.05, 0) is 35.9 Å². The molecule has 0 unspecified atom stereocenters. The number of esters is 1. The second-order valence-electron chi connectivity index (χ2n) is 7.18. The Balaban J connectivity index is 1.59. The van der Waals surface area contributed by atoms with E-state index in [4.69, 9.17) is 32.7 Å². The minimum atomic E-state index is -0.506. The quantitative estimate of drug-likeness (QED) is 0.631. The van der Waals surface area contributed by atoms with Crippen LogP contribution in [0.3, 0.4) is 0 Å². The van der Waals surface area contributed by atoms with Crippen molar-refractivity contribution in [3.05, 3.63) is 58.1 Å². The van der Waals surface area contributed by atoms with Crippen LogP contribution in [0.4, 0.5) is 5.69 Å². The molecule has 7 nitrogen and oxygen atoms in total. The predicted octanol–water partition coefficient (Wildman–Crippen LogP) is 3.47. The van der Waals surface area contributed by atoms with Crippen LogP contribution in [0.5, 0.6) is 5.75 Å². The van der Waals surface area contributed by atoms with E-state index in [2.05, 4.69) is 10.2 Å². The molecule has 0 saturated carbocycles. The minimum Gasteiger partial charge on any atom is -0.495 e. The molecule has 0 spiro atoms. The third-order valence-electron chi connectivity index (χ3n) is 5.19. The molecule has 9 heteroatoms. The number of hydrogen-bond acceptors (Lipinski definition) is 6. The van der Waals surface area contributed by atoms with Gasteiger partial charge in [-0.3, -0.25) is 14.6 Å². The molecule has 166 valence electrons. The molecule has 1 amide bonds. The summed E-state index contributed by atoms with van der Waals surface area (Å²) < 4.78 is 10.3. The largest absolute Gasteiger partial charge is 0.495 e. The Morgan fingerprint density at radius 2 is 1.65 bits per heavy atom. The number of nitrogens with one attached hydrogen (secondary N) is 1. The van der Waals surface area contributed by atoms with Gasteiger partial charge in [-0.25, -0.2) is 4.79 Å². The van der Waals surface area contributed by atoms with E-state index >= 15 is 0 Å². The number of carbonyl (C=O) groups excluding carboxylic acids is 2. The fourth-order valence-corrected chi connectivity index (χ4v) is 3.90. The van der Waals surface area contributed by atoms with Gasteiger partial charge in [0.1, 0.15) is 11.8 Å². The number of anilines is 1. The molecule has 1 atom stereocenters. The van der Waals surface area contributed by atoms with Crippen molar-refractivity contribution in [1.29, 1.82) is 0 Å². The molecule has 1 heterocycles. The molecule has 3 rings (SSSR count). The topological polar surface area (TPSA) is 71.1 Å². The van der Waals surface area contributed by atoms with E-state index in [-0.39, 0.29) is 18.4 Å². The Morgan fingerprint density at radius 1 is 1.00 bits per heavy atom. The molecule has 1 saturated heterocycles. The molecular formula is C22H25Cl2N3O4. The summed E-state index contributed by atoms with van der Waals surface area (Å²) in [6.45, 7) is 2.75. The van der Waals surface area contributed by atoms with Gasteiger partial charge in [-0.2, -0.15) is 0 Å². The monoisotopic (exact) mass is 465 g/mol. The number of halogens is 2. The molecule has 0 bridgehead atoms. The number of carbonyl (C=O) groups is 2. The summed E-state index contributed by atoms with van der Waals surface area (Å²) in [5.74, 6) is 0.0734. The van der Waals surface area contributed by atoms with Crippen molar-refractivity contribution in [1.82, 2.24) is 9.80 Å². The van der Waals surface area contributed by atoms with Crippen LogP contribution in [-0.4, -0.2) is 68.6 Å². The van der Waals surface area contributed by atoms with Crippen molar-refractivity contribution in [3.63, 3.8) is 0 Å². The highest BCUT2D eigenvalue weighted by Gasteiger charge is 2.31. The van der Waals surface area contributed by atoms with E-state index in [0.717, 1.165) is 5.56 Å². The van der Waals surface area contributed by atoms with Gasteiger partial charge < -0.3 is 14.8 Å². The number of nitrogens with zero attached hydrogens (tertiary/aromatic N) is 2. The van der Waals surface area contributed by atoms with Crippen molar-refractivity contribution in [2.75, 3.05) is 52.3 Å². The van der Waals surface area contributed by atoms with Gasteiger partial charge in [0.05, 0.1) is 26.5 Å². The average Bonchev–Trinajstić information content (AvgIpc) is 2.76. The standard InChI is InChI=1S/C22H25Cl2N3O4/c1-30-19-8-7-17(24)13-18(19)25-20(28)14-26-9-11-27(12-10-26)21(22(29)31-2)15-3-5-16(23)6-4-15/h3-8,13,21H,9-12,14H2,1-2H3,(H,25,28)/t21-/m1/s1. The fourth-order valence-electron chi connectivity index (χ4n) is 3.60. The lowest BCUT2D eigenvalue weighted by Gasteiger charge is -2.38. The Bertz CT molecular complexity index is 915. The van der Waals surface area contributed by atoms with Crippen LogP contribution in [-0.2, 0) is 14.3 Å². The lowest BCUT2D eigenvalue weighted by Crippen LogP contribution is -2.51. The van der Waals surface area contributed by atoms with Gasteiger partial charge >= 0.3 is 5.97 Å². The van der Waals surface area contributed by atoms with Crippen LogP contribution in [0.2, 0.25) is 10.0 Å². The van der Waals surface area contributed by atoms with E-state index < -0.39 is 6.04 Å². The van der Waals surface area contributed by atoms with Gasteiger partial charge in [0.15, 0.2) is 0 Å². The number of hydrogen-bond donors (Lipinski definition) is 1. The van der Waals surface area contributed by atoms with Crippen molar-refractivity contribution in [2.45, 2.75) is 6.04 Å². The smallest absolute Gasteiger partial charge is 0.327 e. The molecule has 1 aliphatic heterocycles. The summed E-state index contributed by atoms with van der Waals surface area (Å²) in [6.07, 6.45) is 0. The van der Waals surface area contributed by atoms with E-state index in [1.165, 1.54) is 14.2 Å². The molecule has 1 N–H and O–H groups in total. The zero-order valence-corrected chi connectivity index (χ0v) is 18.9. The first kappa shape index (κ1) is 23.3. The molecule has 0 aromatic heterocycles. The Morgan fingerprint density at radius 3 is 2.26 bits per heavy atom. The first-order chi connectivity index (χ1) is 14.9. The summed E-state index contributed by atoms with van der Waals surface area (Å²) >= 11 is 12.0. The van der Waals surface area contributed by atoms with E-state index in [1.807, 2.05) is 17.0 Å². The number of piperazine rings is 1. The normalized spacial score (nSPS) is 15.9. The average molecular weight is 466 g/mol.